The number of methoxy groups -OCH3 is 3. The summed E-state index contributed by atoms with van der Waals surface area (Å²) < 4.78 is 27.1. The first kappa shape index (κ1) is 15.9. The quantitative estimate of drug-likeness (QED) is 0.588. The van der Waals surface area contributed by atoms with Crippen LogP contribution >= 0.6 is 0 Å². The van der Waals surface area contributed by atoms with Crippen molar-refractivity contribution in [3.8, 4) is 0 Å². The Morgan fingerprint density at radius 1 is 1.22 bits per heavy atom. The van der Waals surface area contributed by atoms with Crippen LogP contribution in [-0.4, -0.2) is 72.8 Å². The molecule has 18 heavy (non-hydrogen) atoms. The van der Waals surface area contributed by atoms with Crippen LogP contribution in [0, 0.1) is 0 Å². The lowest BCUT2D eigenvalue weighted by Crippen LogP contribution is -2.40. The second-order valence-corrected chi connectivity index (χ2v) is 4.36. The van der Waals surface area contributed by atoms with E-state index in [0.717, 1.165) is 6.42 Å². The van der Waals surface area contributed by atoms with Gasteiger partial charge in [0.2, 0.25) is 0 Å². The molecule has 0 aromatic carbocycles. The zero-order valence-electron chi connectivity index (χ0n) is 11.6. The van der Waals surface area contributed by atoms with Gasteiger partial charge in [-0.2, -0.15) is 0 Å². The average molecular weight is 258 g/mol. The normalized spacial score (nSPS) is 33.8. The van der Waals surface area contributed by atoms with Crippen LogP contribution in [0.5, 0.6) is 0 Å². The molecule has 2 radical (unpaired) electrons. The van der Waals surface area contributed by atoms with Crippen LogP contribution in [0.1, 0.15) is 13.3 Å². The minimum atomic E-state index is -0.496. The van der Waals surface area contributed by atoms with E-state index >= 15 is 0 Å². The van der Waals surface area contributed by atoms with Gasteiger partial charge in [-0.05, 0) is 6.42 Å². The molecule has 1 fully saturated rings. The van der Waals surface area contributed by atoms with Crippen LogP contribution in [0.4, 0.5) is 0 Å². The minimum Gasteiger partial charge on any atom is -0.382 e. The summed E-state index contributed by atoms with van der Waals surface area (Å²) in [5, 5.41) is 0. The standard InChI is InChI=1S/C12H23BO5/c1-5-8(15-3)6-17-11-10(16-4)9(7-14-2)18-12(11)13/h8-12H,5-7H2,1-4H3/t8-,9-,10?,11+,12-/m1/s1. The van der Waals surface area contributed by atoms with Crippen LogP contribution in [-0.2, 0) is 23.7 Å². The maximum atomic E-state index is 5.91. The van der Waals surface area contributed by atoms with E-state index < -0.39 is 6.00 Å². The summed E-state index contributed by atoms with van der Waals surface area (Å²) in [5.41, 5.74) is 0. The summed E-state index contributed by atoms with van der Waals surface area (Å²) >= 11 is 0. The van der Waals surface area contributed by atoms with Gasteiger partial charge in [-0.25, -0.2) is 0 Å². The lowest BCUT2D eigenvalue weighted by molar-refractivity contribution is -0.0793. The summed E-state index contributed by atoms with van der Waals surface area (Å²) in [4.78, 5) is 0. The second kappa shape index (κ2) is 8.12. The third-order valence-corrected chi connectivity index (χ3v) is 3.21. The van der Waals surface area contributed by atoms with Gasteiger partial charge in [-0.3, -0.25) is 0 Å². The summed E-state index contributed by atoms with van der Waals surface area (Å²) in [7, 11) is 10.8. The first-order valence-corrected chi connectivity index (χ1v) is 6.25. The summed E-state index contributed by atoms with van der Waals surface area (Å²) in [5.74, 6) is 0. The molecule has 1 aliphatic heterocycles. The van der Waals surface area contributed by atoms with Gasteiger partial charge in [0.15, 0.2) is 0 Å². The highest BCUT2D eigenvalue weighted by molar-refractivity contribution is 6.11. The van der Waals surface area contributed by atoms with Crippen molar-refractivity contribution in [2.45, 2.75) is 43.8 Å². The molecule has 1 aliphatic rings. The zero-order chi connectivity index (χ0) is 13.5. The Hall–Kier alpha value is -0.135. The molecule has 0 saturated carbocycles. The number of hydrogen-bond acceptors (Lipinski definition) is 5. The fourth-order valence-corrected chi connectivity index (χ4v) is 2.10. The van der Waals surface area contributed by atoms with Crippen molar-refractivity contribution in [1.82, 2.24) is 0 Å². The molecule has 1 unspecified atom stereocenters. The van der Waals surface area contributed by atoms with Crippen molar-refractivity contribution in [3.63, 3.8) is 0 Å². The van der Waals surface area contributed by atoms with Crippen molar-refractivity contribution >= 4 is 7.85 Å². The molecule has 1 rings (SSSR count). The molecule has 0 spiro atoms. The maximum Gasteiger partial charge on any atom is 0.113 e. The lowest BCUT2D eigenvalue weighted by Gasteiger charge is -2.24. The van der Waals surface area contributed by atoms with Gasteiger partial charge in [0, 0.05) is 27.3 Å². The Labute approximate surface area is 110 Å². The van der Waals surface area contributed by atoms with E-state index in [1.54, 1.807) is 21.3 Å². The smallest absolute Gasteiger partial charge is 0.113 e. The Balaban J connectivity index is 2.51. The van der Waals surface area contributed by atoms with E-state index in [1.165, 1.54) is 0 Å². The van der Waals surface area contributed by atoms with Crippen molar-refractivity contribution in [2.75, 3.05) is 34.5 Å². The van der Waals surface area contributed by atoms with Gasteiger partial charge in [-0.1, -0.05) is 6.92 Å². The van der Waals surface area contributed by atoms with E-state index in [2.05, 4.69) is 0 Å². The third-order valence-electron chi connectivity index (χ3n) is 3.21. The van der Waals surface area contributed by atoms with Gasteiger partial charge in [-0.15, -0.1) is 0 Å². The van der Waals surface area contributed by atoms with Gasteiger partial charge in [0.1, 0.15) is 26.2 Å². The average Bonchev–Trinajstić information content (AvgIpc) is 2.67. The van der Waals surface area contributed by atoms with Gasteiger partial charge >= 0.3 is 0 Å². The number of hydrogen-bond donors (Lipinski definition) is 0. The van der Waals surface area contributed by atoms with Crippen LogP contribution in [0.25, 0.3) is 0 Å². The zero-order valence-corrected chi connectivity index (χ0v) is 11.6. The van der Waals surface area contributed by atoms with Gasteiger partial charge < -0.3 is 23.7 Å². The predicted octanol–water partition coefficient (Wildman–Crippen LogP) is 0.351. The highest BCUT2D eigenvalue weighted by atomic mass is 16.6. The summed E-state index contributed by atoms with van der Waals surface area (Å²) in [6.45, 7) is 2.96. The predicted molar refractivity (Wildman–Crippen MR) is 67.9 cm³/mol. The molecule has 0 aliphatic carbocycles. The Bertz CT molecular complexity index is 225. The van der Waals surface area contributed by atoms with Crippen molar-refractivity contribution in [3.05, 3.63) is 0 Å². The van der Waals surface area contributed by atoms with Crippen LogP contribution < -0.4 is 0 Å². The number of rotatable bonds is 8. The molecule has 1 saturated heterocycles. The van der Waals surface area contributed by atoms with E-state index in [0.29, 0.717) is 13.2 Å². The molecule has 5 nitrogen and oxygen atoms in total. The van der Waals surface area contributed by atoms with E-state index in [4.69, 9.17) is 31.5 Å². The fraction of sp³-hybridized carbons (Fsp3) is 1.00. The van der Waals surface area contributed by atoms with Crippen molar-refractivity contribution < 1.29 is 23.7 Å². The lowest BCUT2D eigenvalue weighted by atomic mass is 9.92. The first-order valence-electron chi connectivity index (χ1n) is 6.25. The van der Waals surface area contributed by atoms with Crippen LogP contribution in [0.15, 0.2) is 0 Å². The second-order valence-electron chi connectivity index (χ2n) is 4.36. The van der Waals surface area contributed by atoms with E-state index in [-0.39, 0.29) is 24.4 Å². The van der Waals surface area contributed by atoms with Gasteiger partial charge in [0.25, 0.3) is 0 Å². The highest BCUT2D eigenvalue weighted by Gasteiger charge is 2.43. The Kier molecular flexibility index (Phi) is 7.18. The molecule has 6 heteroatoms. The van der Waals surface area contributed by atoms with Crippen molar-refractivity contribution in [1.29, 1.82) is 0 Å². The summed E-state index contributed by atoms with van der Waals surface area (Å²) in [6, 6.07) is -0.496. The Morgan fingerprint density at radius 2 is 1.94 bits per heavy atom. The van der Waals surface area contributed by atoms with E-state index in [1.807, 2.05) is 6.92 Å². The molecule has 0 amide bonds. The fourth-order valence-electron chi connectivity index (χ4n) is 2.10. The Morgan fingerprint density at radius 3 is 2.44 bits per heavy atom. The van der Waals surface area contributed by atoms with Crippen LogP contribution in [0.2, 0.25) is 0 Å². The van der Waals surface area contributed by atoms with E-state index in [9.17, 15) is 0 Å². The molecule has 0 aromatic rings. The molecular weight excluding hydrogens is 235 g/mol. The minimum absolute atomic E-state index is 0.0659. The monoisotopic (exact) mass is 258 g/mol. The molecule has 104 valence electrons. The molecule has 0 aromatic heterocycles. The first-order chi connectivity index (χ1) is 8.67. The van der Waals surface area contributed by atoms with Crippen molar-refractivity contribution in [2.24, 2.45) is 0 Å². The van der Waals surface area contributed by atoms with Gasteiger partial charge in [0.05, 0.1) is 19.3 Å². The molecule has 1 heterocycles. The summed E-state index contributed by atoms with van der Waals surface area (Å²) in [6.07, 6.45) is 0.255. The SMILES string of the molecule is [B][C@@H]1O[C@H](COC)C(OC)[C@@H]1OC[C@@H](CC)OC. The maximum absolute atomic E-state index is 5.91. The molecule has 0 N–H and O–H groups in total. The molecular formula is C12H23BO5. The number of ether oxygens (including phenoxy) is 5. The largest absolute Gasteiger partial charge is 0.382 e. The molecule has 0 bridgehead atoms. The third kappa shape index (κ3) is 3.93. The highest BCUT2D eigenvalue weighted by Crippen LogP contribution is 2.25. The van der Waals surface area contributed by atoms with Crippen LogP contribution in [0.3, 0.4) is 0 Å². The topological polar surface area (TPSA) is 46.2 Å². The molecule has 5 atom stereocenters.